The average Bonchev–Trinajstić information content (AvgIpc) is 2.80. The molecule has 2 aromatic carbocycles. The van der Waals surface area contributed by atoms with Crippen LogP contribution < -0.4 is 11.2 Å². The SMILES string of the molecule is O=C(CCc1n[nH]c(=O)[nH]c1=O)N1CCN(C(c2ccccc2)c2ccccc2)CC1. The Hall–Kier alpha value is -3.52. The van der Waals surface area contributed by atoms with Crippen molar-refractivity contribution >= 4 is 5.91 Å². The van der Waals surface area contributed by atoms with Crippen molar-refractivity contribution in [3.05, 3.63) is 98.3 Å². The highest BCUT2D eigenvalue weighted by Crippen LogP contribution is 2.29. The lowest BCUT2D eigenvalue weighted by atomic mass is 9.96. The van der Waals surface area contributed by atoms with Gasteiger partial charge in [-0.1, -0.05) is 60.7 Å². The number of hydrogen-bond donors (Lipinski definition) is 2. The van der Waals surface area contributed by atoms with Crippen LogP contribution in [0.1, 0.15) is 29.3 Å². The van der Waals surface area contributed by atoms with Gasteiger partial charge in [0.2, 0.25) is 5.91 Å². The van der Waals surface area contributed by atoms with Crippen molar-refractivity contribution < 1.29 is 4.79 Å². The van der Waals surface area contributed by atoms with Gasteiger partial charge in [0.05, 0.1) is 6.04 Å². The molecule has 8 nitrogen and oxygen atoms in total. The number of H-pyrrole nitrogens is 2. The fourth-order valence-electron chi connectivity index (χ4n) is 4.04. The minimum Gasteiger partial charge on any atom is -0.340 e. The zero-order valence-corrected chi connectivity index (χ0v) is 17.2. The summed E-state index contributed by atoms with van der Waals surface area (Å²) in [4.78, 5) is 41.8. The lowest BCUT2D eigenvalue weighted by Gasteiger charge is -2.39. The number of carbonyl (C=O) groups is 1. The molecule has 0 unspecified atom stereocenters. The number of amides is 1. The van der Waals surface area contributed by atoms with Gasteiger partial charge < -0.3 is 4.90 Å². The Labute approximate surface area is 179 Å². The number of rotatable bonds is 6. The molecule has 31 heavy (non-hydrogen) atoms. The van der Waals surface area contributed by atoms with E-state index in [2.05, 4.69) is 68.6 Å². The first kappa shape index (κ1) is 20.7. The minimum atomic E-state index is -0.650. The van der Waals surface area contributed by atoms with Gasteiger partial charge in [0, 0.05) is 39.0 Å². The molecule has 0 radical (unpaired) electrons. The van der Waals surface area contributed by atoms with Gasteiger partial charge in [-0.3, -0.25) is 19.5 Å². The summed E-state index contributed by atoms with van der Waals surface area (Å²) in [5, 5.41) is 5.94. The molecule has 3 aromatic rings. The van der Waals surface area contributed by atoms with E-state index in [0.717, 1.165) is 13.1 Å². The predicted molar refractivity (Wildman–Crippen MR) is 117 cm³/mol. The maximum atomic E-state index is 12.7. The maximum absolute atomic E-state index is 12.7. The van der Waals surface area contributed by atoms with Crippen molar-refractivity contribution in [2.75, 3.05) is 26.2 Å². The molecule has 160 valence electrons. The topological polar surface area (TPSA) is 102 Å². The normalized spacial score (nSPS) is 14.7. The molecule has 1 amide bonds. The van der Waals surface area contributed by atoms with Crippen molar-refractivity contribution in [3.63, 3.8) is 0 Å². The number of hydrogen-bond acceptors (Lipinski definition) is 5. The Morgan fingerprint density at radius 3 is 2.03 bits per heavy atom. The maximum Gasteiger partial charge on any atom is 0.342 e. The third-order valence-corrected chi connectivity index (χ3v) is 5.62. The van der Waals surface area contributed by atoms with Gasteiger partial charge in [0.15, 0.2) is 0 Å². The fraction of sp³-hybridized carbons (Fsp3) is 0.304. The molecule has 1 aliphatic rings. The van der Waals surface area contributed by atoms with E-state index in [1.807, 2.05) is 17.0 Å². The van der Waals surface area contributed by atoms with Crippen molar-refractivity contribution in [2.45, 2.75) is 18.9 Å². The van der Waals surface area contributed by atoms with Crippen LogP contribution in [0.4, 0.5) is 0 Å². The number of aromatic amines is 2. The van der Waals surface area contributed by atoms with Gasteiger partial charge in [-0.15, -0.1) is 0 Å². The van der Waals surface area contributed by atoms with Gasteiger partial charge in [0.25, 0.3) is 5.56 Å². The third kappa shape index (κ3) is 4.97. The van der Waals surface area contributed by atoms with Crippen LogP contribution in [0.2, 0.25) is 0 Å². The molecule has 0 spiro atoms. The number of nitrogens with zero attached hydrogens (tertiary/aromatic N) is 3. The van der Waals surface area contributed by atoms with Crippen LogP contribution in [0.5, 0.6) is 0 Å². The van der Waals surface area contributed by atoms with Gasteiger partial charge in [0.1, 0.15) is 5.69 Å². The molecule has 8 heteroatoms. The van der Waals surface area contributed by atoms with E-state index >= 15 is 0 Å². The standard InChI is InChI=1S/C23H25N5O3/c29-20(12-11-19-22(30)24-23(31)26-25-19)27-13-15-28(16-14-27)21(17-7-3-1-4-8-17)18-9-5-2-6-10-18/h1-10,21H,11-16H2,(H2,24,26,30,31). The summed E-state index contributed by atoms with van der Waals surface area (Å²) in [6, 6.07) is 21.0. The van der Waals surface area contributed by atoms with E-state index in [4.69, 9.17) is 0 Å². The number of piperazine rings is 1. The van der Waals surface area contributed by atoms with E-state index in [1.165, 1.54) is 11.1 Å². The van der Waals surface area contributed by atoms with Crippen LogP contribution in [0, 0.1) is 0 Å². The Morgan fingerprint density at radius 1 is 0.903 bits per heavy atom. The molecule has 2 heterocycles. The summed E-state index contributed by atoms with van der Waals surface area (Å²) in [5.74, 6) is -0.0111. The molecular weight excluding hydrogens is 394 g/mol. The summed E-state index contributed by atoms with van der Waals surface area (Å²) in [6.07, 6.45) is 0.380. The monoisotopic (exact) mass is 419 g/mol. The van der Waals surface area contributed by atoms with Crippen molar-refractivity contribution in [1.82, 2.24) is 25.0 Å². The van der Waals surface area contributed by atoms with Crippen LogP contribution in [-0.2, 0) is 11.2 Å². The molecular formula is C23H25N5O3. The molecule has 0 aliphatic carbocycles. The number of benzene rings is 2. The molecule has 2 N–H and O–H groups in total. The Balaban J connectivity index is 1.40. The quantitative estimate of drug-likeness (QED) is 0.628. The predicted octanol–water partition coefficient (Wildman–Crippen LogP) is 1.32. The summed E-state index contributed by atoms with van der Waals surface area (Å²) < 4.78 is 0. The molecule has 1 fully saturated rings. The molecule has 1 aromatic heterocycles. The highest BCUT2D eigenvalue weighted by molar-refractivity contribution is 5.76. The average molecular weight is 419 g/mol. The van der Waals surface area contributed by atoms with Crippen molar-refractivity contribution in [3.8, 4) is 0 Å². The largest absolute Gasteiger partial charge is 0.342 e. The minimum absolute atomic E-state index is 0.0111. The zero-order valence-electron chi connectivity index (χ0n) is 17.2. The van der Waals surface area contributed by atoms with Crippen molar-refractivity contribution in [2.24, 2.45) is 0 Å². The number of aromatic nitrogens is 3. The number of aryl methyl sites for hydroxylation is 1. The van der Waals surface area contributed by atoms with E-state index in [-0.39, 0.29) is 30.5 Å². The summed E-state index contributed by atoms with van der Waals surface area (Å²) in [7, 11) is 0. The highest BCUT2D eigenvalue weighted by atomic mass is 16.2. The van der Waals surface area contributed by atoms with Crippen LogP contribution in [0.3, 0.4) is 0 Å². The van der Waals surface area contributed by atoms with Crippen LogP contribution in [0.25, 0.3) is 0 Å². The third-order valence-electron chi connectivity index (χ3n) is 5.62. The Bertz CT molecular complexity index is 1080. The first-order valence-corrected chi connectivity index (χ1v) is 10.4. The van der Waals surface area contributed by atoms with E-state index < -0.39 is 11.2 Å². The highest BCUT2D eigenvalue weighted by Gasteiger charge is 2.28. The second-order valence-corrected chi connectivity index (χ2v) is 7.59. The van der Waals surface area contributed by atoms with Crippen molar-refractivity contribution in [1.29, 1.82) is 0 Å². The van der Waals surface area contributed by atoms with Crippen LogP contribution in [0.15, 0.2) is 70.3 Å². The first-order valence-electron chi connectivity index (χ1n) is 10.4. The molecule has 0 atom stereocenters. The smallest absolute Gasteiger partial charge is 0.340 e. The summed E-state index contributed by atoms with van der Waals surface area (Å²) in [5.41, 5.74) is 1.44. The second kappa shape index (κ2) is 9.53. The molecule has 4 rings (SSSR count). The van der Waals surface area contributed by atoms with Crippen LogP contribution in [-0.4, -0.2) is 57.1 Å². The first-order chi connectivity index (χ1) is 15.1. The Morgan fingerprint density at radius 2 is 1.48 bits per heavy atom. The van der Waals surface area contributed by atoms with Crippen LogP contribution >= 0.6 is 0 Å². The summed E-state index contributed by atoms with van der Waals surface area (Å²) in [6.45, 7) is 2.78. The lowest BCUT2D eigenvalue weighted by molar-refractivity contribution is -0.133. The van der Waals surface area contributed by atoms with E-state index in [1.54, 1.807) is 0 Å². The second-order valence-electron chi connectivity index (χ2n) is 7.59. The number of nitrogens with one attached hydrogen (secondary N) is 2. The van der Waals surface area contributed by atoms with E-state index in [0.29, 0.717) is 13.1 Å². The number of carbonyl (C=O) groups excluding carboxylic acids is 1. The van der Waals surface area contributed by atoms with Gasteiger partial charge in [-0.25, -0.2) is 9.89 Å². The Kier molecular flexibility index (Phi) is 6.37. The fourth-order valence-corrected chi connectivity index (χ4v) is 4.04. The zero-order chi connectivity index (χ0) is 21.6. The molecule has 0 bridgehead atoms. The van der Waals surface area contributed by atoms with Gasteiger partial charge >= 0.3 is 5.69 Å². The molecule has 1 aliphatic heterocycles. The summed E-state index contributed by atoms with van der Waals surface area (Å²) >= 11 is 0. The molecule has 0 saturated carbocycles. The van der Waals surface area contributed by atoms with Gasteiger partial charge in [-0.2, -0.15) is 5.10 Å². The lowest BCUT2D eigenvalue weighted by Crippen LogP contribution is -2.50. The van der Waals surface area contributed by atoms with E-state index in [9.17, 15) is 14.4 Å². The van der Waals surface area contributed by atoms with Gasteiger partial charge in [-0.05, 0) is 11.1 Å². The molecule has 1 saturated heterocycles.